The number of aliphatic imine (C=N–C) groups is 1. The fourth-order valence-corrected chi connectivity index (χ4v) is 4.85. The van der Waals surface area contributed by atoms with Gasteiger partial charge in [-0.2, -0.15) is 0 Å². The number of carbonyl (C=O) groups is 3. The first-order valence-corrected chi connectivity index (χ1v) is 14.2. The zero-order valence-electron chi connectivity index (χ0n) is 24.0. The maximum atomic E-state index is 13.1. The first kappa shape index (κ1) is 31.4. The van der Waals surface area contributed by atoms with Crippen LogP contribution in [-0.2, 0) is 20.7 Å². The minimum atomic E-state index is -0.695. The highest BCUT2D eigenvalue weighted by molar-refractivity contribution is 8.14. The third-order valence-electron chi connectivity index (χ3n) is 6.03. The van der Waals surface area contributed by atoms with Crippen LogP contribution in [0.4, 0.5) is 4.79 Å². The van der Waals surface area contributed by atoms with Crippen LogP contribution < -0.4 is 16.0 Å². The lowest BCUT2D eigenvalue weighted by molar-refractivity contribution is -0.130. The molecule has 38 heavy (non-hydrogen) atoms. The second-order valence-electron chi connectivity index (χ2n) is 11.2. The number of thioether (sulfide) groups is 1. The summed E-state index contributed by atoms with van der Waals surface area (Å²) in [5, 5.41) is 9.74. The Morgan fingerprint density at radius 3 is 2.34 bits per heavy atom. The van der Waals surface area contributed by atoms with Crippen molar-refractivity contribution in [1.29, 1.82) is 0 Å². The summed E-state index contributed by atoms with van der Waals surface area (Å²) in [6, 6.07) is 8.77. The van der Waals surface area contributed by atoms with Gasteiger partial charge in [0.25, 0.3) is 0 Å². The molecule has 0 aromatic heterocycles. The van der Waals surface area contributed by atoms with Crippen LogP contribution in [0.15, 0.2) is 47.0 Å². The summed E-state index contributed by atoms with van der Waals surface area (Å²) in [7, 11) is 0. The Morgan fingerprint density at radius 1 is 1.11 bits per heavy atom. The number of ether oxygens (including phenoxy) is 1. The molecule has 0 saturated carbocycles. The molecule has 1 aliphatic rings. The molecule has 9 heteroatoms. The molecule has 1 aliphatic heterocycles. The number of amides is 3. The molecule has 8 nitrogen and oxygen atoms in total. The van der Waals surface area contributed by atoms with E-state index in [0.717, 1.165) is 17.6 Å². The molecule has 0 saturated heterocycles. The third-order valence-corrected chi connectivity index (χ3v) is 7.12. The van der Waals surface area contributed by atoms with Crippen LogP contribution in [0.1, 0.15) is 67.4 Å². The minimum absolute atomic E-state index is 0.109. The van der Waals surface area contributed by atoms with E-state index in [1.807, 2.05) is 78.0 Å². The van der Waals surface area contributed by atoms with Gasteiger partial charge in [-0.05, 0) is 52.0 Å². The summed E-state index contributed by atoms with van der Waals surface area (Å²) in [5.74, 6) is -1.16. The van der Waals surface area contributed by atoms with E-state index in [0.29, 0.717) is 23.4 Å². The lowest BCUT2D eigenvalue weighted by Crippen LogP contribution is -2.52. The molecule has 1 heterocycles. The molecule has 210 valence electrons. The van der Waals surface area contributed by atoms with Crippen molar-refractivity contribution >= 4 is 34.8 Å². The molecule has 1 aromatic carbocycles. The maximum absolute atomic E-state index is 13.1. The maximum Gasteiger partial charge on any atom is 0.408 e. The van der Waals surface area contributed by atoms with Crippen LogP contribution in [0.5, 0.6) is 0 Å². The fourth-order valence-electron chi connectivity index (χ4n) is 3.92. The summed E-state index contributed by atoms with van der Waals surface area (Å²) in [6.07, 6.45) is 2.84. The van der Waals surface area contributed by atoms with E-state index in [4.69, 9.17) is 4.74 Å². The van der Waals surface area contributed by atoms with Crippen LogP contribution in [0, 0.1) is 11.8 Å². The molecule has 0 aliphatic carbocycles. The van der Waals surface area contributed by atoms with E-state index in [9.17, 15) is 14.4 Å². The lowest BCUT2D eigenvalue weighted by Gasteiger charge is -2.26. The normalized spacial score (nSPS) is 18.6. The Balaban J connectivity index is 2.12. The standard InChI is InChI=1S/C29H44N4O4S/c1-18(2)24(26(35)33-27-30-15-14-21(5)38-27)32-25(34)20(4)16-19(3)23(17-22-12-10-9-11-13-22)31-28(36)37-29(6,7)8/h9-13,16,18,20-21,23-24H,14-15,17H2,1-8H3,(H,31,36)(H,32,34)(H,30,33,35)/t20-,21?,23-,24+/m1/s1. The molecule has 1 unspecified atom stereocenters. The molecule has 4 atom stereocenters. The second-order valence-corrected chi connectivity index (χ2v) is 12.6. The van der Waals surface area contributed by atoms with E-state index < -0.39 is 23.7 Å². The summed E-state index contributed by atoms with van der Waals surface area (Å²) < 4.78 is 5.47. The Bertz CT molecular complexity index is 1020. The number of hydrogen-bond donors (Lipinski definition) is 3. The zero-order chi connectivity index (χ0) is 28.5. The van der Waals surface area contributed by atoms with Gasteiger partial charge in [0.15, 0.2) is 5.17 Å². The van der Waals surface area contributed by atoms with Crippen LogP contribution in [-0.4, -0.2) is 52.6 Å². The average molecular weight is 545 g/mol. The summed E-state index contributed by atoms with van der Waals surface area (Å²) >= 11 is 1.54. The minimum Gasteiger partial charge on any atom is -0.444 e. The van der Waals surface area contributed by atoms with Gasteiger partial charge in [-0.1, -0.05) is 81.4 Å². The molecule has 0 fully saturated rings. The Hall–Kier alpha value is -2.81. The lowest BCUT2D eigenvalue weighted by atomic mass is 9.96. The van der Waals surface area contributed by atoms with Crippen molar-refractivity contribution in [2.45, 2.75) is 91.2 Å². The molecule has 0 radical (unpaired) electrons. The highest BCUT2D eigenvalue weighted by Gasteiger charge is 2.28. The SMILES string of the molecule is CC(=C[C@@H](C)C(=O)N[C@H](C(=O)NC1=NCCC(C)S1)C(C)C)[C@@H](Cc1ccccc1)NC(=O)OC(C)(C)C. The Kier molecular flexibility index (Phi) is 11.9. The van der Waals surface area contributed by atoms with Crippen molar-refractivity contribution in [1.82, 2.24) is 16.0 Å². The molecule has 2 rings (SSSR count). The topological polar surface area (TPSA) is 109 Å². The van der Waals surface area contributed by atoms with Crippen molar-refractivity contribution in [3.05, 3.63) is 47.5 Å². The molecule has 3 N–H and O–H groups in total. The third kappa shape index (κ3) is 10.9. The molecular formula is C29H44N4O4S. The highest BCUT2D eigenvalue weighted by Crippen LogP contribution is 2.20. The van der Waals surface area contributed by atoms with Crippen LogP contribution >= 0.6 is 11.8 Å². The van der Waals surface area contributed by atoms with Crippen LogP contribution in [0.25, 0.3) is 0 Å². The van der Waals surface area contributed by atoms with Crippen LogP contribution in [0.3, 0.4) is 0 Å². The number of nitrogens with zero attached hydrogens (tertiary/aromatic N) is 1. The molecule has 0 bridgehead atoms. The second kappa shape index (κ2) is 14.4. The van der Waals surface area contributed by atoms with Gasteiger partial charge < -0.3 is 20.7 Å². The van der Waals surface area contributed by atoms with Gasteiger partial charge in [0.1, 0.15) is 11.6 Å². The molecule has 0 spiro atoms. The Morgan fingerprint density at radius 2 is 1.76 bits per heavy atom. The Labute approximate surface area is 231 Å². The summed E-state index contributed by atoms with van der Waals surface area (Å²) in [4.78, 5) is 43.1. The summed E-state index contributed by atoms with van der Waals surface area (Å²) in [5.41, 5.74) is 1.25. The van der Waals surface area contributed by atoms with Gasteiger partial charge in [0.05, 0.1) is 12.0 Å². The van der Waals surface area contributed by atoms with Gasteiger partial charge in [0.2, 0.25) is 11.8 Å². The number of amidine groups is 1. The fraction of sp³-hybridized carbons (Fsp3) is 0.586. The summed E-state index contributed by atoms with van der Waals surface area (Å²) in [6.45, 7) is 15.7. The van der Waals surface area contributed by atoms with E-state index in [1.54, 1.807) is 18.7 Å². The number of nitrogens with one attached hydrogen (secondary N) is 3. The van der Waals surface area contributed by atoms with Gasteiger partial charge in [-0.15, -0.1) is 0 Å². The first-order valence-electron chi connectivity index (χ1n) is 13.3. The van der Waals surface area contributed by atoms with E-state index in [2.05, 4.69) is 27.9 Å². The van der Waals surface area contributed by atoms with E-state index in [1.165, 1.54) is 0 Å². The molecule has 3 amide bonds. The molecule has 1 aromatic rings. The monoisotopic (exact) mass is 544 g/mol. The average Bonchev–Trinajstić information content (AvgIpc) is 2.81. The van der Waals surface area contributed by atoms with Crippen molar-refractivity contribution in [2.24, 2.45) is 16.8 Å². The van der Waals surface area contributed by atoms with Crippen molar-refractivity contribution < 1.29 is 19.1 Å². The van der Waals surface area contributed by atoms with Crippen molar-refractivity contribution in [2.75, 3.05) is 6.54 Å². The smallest absolute Gasteiger partial charge is 0.408 e. The predicted molar refractivity (Wildman–Crippen MR) is 155 cm³/mol. The highest BCUT2D eigenvalue weighted by atomic mass is 32.2. The number of benzene rings is 1. The van der Waals surface area contributed by atoms with E-state index >= 15 is 0 Å². The van der Waals surface area contributed by atoms with Gasteiger partial charge >= 0.3 is 6.09 Å². The zero-order valence-corrected chi connectivity index (χ0v) is 24.8. The van der Waals surface area contributed by atoms with Crippen LogP contribution in [0.2, 0.25) is 0 Å². The van der Waals surface area contributed by atoms with E-state index in [-0.39, 0.29) is 23.8 Å². The predicted octanol–water partition coefficient (Wildman–Crippen LogP) is 4.84. The van der Waals surface area contributed by atoms with Crippen molar-refractivity contribution in [3.63, 3.8) is 0 Å². The largest absolute Gasteiger partial charge is 0.444 e. The van der Waals surface area contributed by atoms with Crippen molar-refractivity contribution in [3.8, 4) is 0 Å². The van der Waals surface area contributed by atoms with Gasteiger partial charge in [-0.3, -0.25) is 14.6 Å². The van der Waals surface area contributed by atoms with Gasteiger partial charge in [-0.25, -0.2) is 4.79 Å². The number of carbonyl (C=O) groups excluding carboxylic acids is 3. The number of alkyl carbamates (subject to hydrolysis) is 1. The van der Waals surface area contributed by atoms with Gasteiger partial charge in [0, 0.05) is 11.8 Å². The quantitative estimate of drug-likeness (QED) is 0.386. The number of hydrogen-bond acceptors (Lipinski definition) is 6. The first-order chi connectivity index (χ1) is 17.7. The number of rotatable bonds is 9. The molecular weight excluding hydrogens is 500 g/mol.